The molecule has 9 nitrogen and oxygen atoms in total. The number of methoxy groups -OCH3 is 1. The normalized spacial score (nSPS) is 12.5. The van der Waals surface area contributed by atoms with Gasteiger partial charge in [0.25, 0.3) is 0 Å². The van der Waals surface area contributed by atoms with Crippen LogP contribution in [0.4, 0.5) is 5.82 Å². The van der Waals surface area contributed by atoms with Gasteiger partial charge in [0, 0.05) is 29.6 Å². The summed E-state index contributed by atoms with van der Waals surface area (Å²) in [7, 11) is 1.63. The Hall–Kier alpha value is -4.27. The number of fused-ring (bicyclic) bond motifs is 2. The van der Waals surface area contributed by atoms with Gasteiger partial charge in [0.15, 0.2) is 11.5 Å². The van der Waals surface area contributed by atoms with Gasteiger partial charge in [0.2, 0.25) is 5.76 Å². The Labute approximate surface area is 188 Å². The van der Waals surface area contributed by atoms with Gasteiger partial charge in [0.05, 0.1) is 12.8 Å². The van der Waals surface area contributed by atoms with E-state index in [0.29, 0.717) is 49.0 Å². The van der Waals surface area contributed by atoms with Crippen LogP contribution in [0.25, 0.3) is 22.2 Å². The van der Waals surface area contributed by atoms with Gasteiger partial charge >= 0.3 is 5.97 Å². The lowest BCUT2D eigenvalue weighted by atomic mass is 10.1. The van der Waals surface area contributed by atoms with Gasteiger partial charge in [-0.15, -0.1) is 0 Å². The Bertz CT molecular complexity index is 1330. The summed E-state index contributed by atoms with van der Waals surface area (Å²) in [5.41, 5.74) is 2.98. The van der Waals surface area contributed by atoms with Gasteiger partial charge in [-0.25, -0.2) is 14.8 Å². The Morgan fingerprint density at radius 3 is 2.70 bits per heavy atom. The average Bonchev–Trinajstić information content (AvgIpc) is 3.28. The number of hydrogen-bond donors (Lipinski definition) is 2. The maximum absolute atomic E-state index is 11.1. The van der Waals surface area contributed by atoms with Gasteiger partial charge < -0.3 is 29.1 Å². The number of aromatic carboxylic acids is 1. The van der Waals surface area contributed by atoms with E-state index >= 15 is 0 Å². The zero-order chi connectivity index (χ0) is 22.8. The van der Waals surface area contributed by atoms with Crippen LogP contribution in [-0.4, -0.2) is 47.9 Å². The summed E-state index contributed by atoms with van der Waals surface area (Å²) >= 11 is 0. The summed E-state index contributed by atoms with van der Waals surface area (Å²) in [5, 5.41) is 13.2. The van der Waals surface area contributed by atoms with Crippen LogP contribution in [0.5, 0.6) is 17.2 Å². The van der Waals surface area contributed by atoms with Crippen LogP contribution in [-0.2, 0) is 6.42 Å². The molecule has 2 N–H and O–H groups in total. The third-order valence-corrected chi connectivity index (χ3v) is 5.34. The van der Waals surface area contributed by atoms with E-state index in [4.69, 9.17) is 23.7 Å². The number of anilines is 1. The van der Waals surface area contributed by atoms with Gasteiger partial charge in [-0.05, 0) is 30.2 Å². The molecule has 0 aliphatic carbocycles. The number of carboxylic acids is 1. The number of hydrogen-bond acceptors (Lipinski definition) is 8. The SMILES string of the molecule is COc1cc2c(cc1CCNc1cc(-c3ccc4cc(C(=O)O)oc4c3)ncn1)OCCO2. The van der Waals surface area contributed by atoms with Crippen molar-refractivity contribution in [2.75, 3.05) is 32.2 Å². The second-order valence-electron chi connectivity index (χ2n) is 7.44. The van der Waals surface area contributed by atoms with E-state index in [1.165, 1.54) is 12.4 Å². The number of carboxylic acid groups (broad SMARTS) is 1. The van der Waals surface area contributed by atoms with Gasteiger partial charge in [-0.1, -0.05) is 12.1 Å². The van der Waals surface area contributed by atoms with Gasteiger partial charge in [0.1, 0.15) is 36.7 Å². The molecule has 1 aliphatic rings. The van der Waals surface area contributed by atoms with E-state index in [0.717, 1.165) is 28.0 Å². The molecule has 0 saturated carbocycles. The molecule has 33 heavy (non-hydrogen) atoms. The first-order valence-corrected chi connectivity index (χ1v) is 10.4. The molecule has 0 fully saturated rings. The summed E-state index contributed by atoms with van der Waals surface area (Å²) in [6, 6.07) is 12.6. The van der Waals surface area contributed by atoms with Crippen molar-refractivity contribution in [3.63, 3.8) is 0 Å². The van der Waals surface area contributed by atoms with Crippen LogP contribution in [0.15, 0.2) is 53.2 Å². The predicted octanol–water partition coefficient (Wildman–Crippen LogP) is 4.02. The first-order valence-electron chi connectivity index (χ1n) is 10.4. The summed E-state index contributed by atoms with van der Waals surface area (Å²) < 4.78 is 22.2. The fourth-order valence-electron chi connectivity index (χ4n) is 3.73. The molecule has 0 atom stereocenters. The lowest BCUT2D eigenvalue weighted by molar-refractivity contribution is 0.0665. The summed E-state index contributed by atoms with van der Waals surface area (Å²) in [6.07, 6.45) is 2.17. The van der Waals surface area contributed by atoms with E-state index in [1.54, 1.807) is 13.2 Å². The number of rotatable bonds is 7. The molecule has 5 rings (SSSR count). The Morgan fingerprint density at radius 1 is 1.09 bits per heavy atom. The topological polar surface area (TPSA) is 116 Å². The highest BCUT2D eigenvalue weighted by Gasteiger charge is 2.16. The third-order valence-electron chi connectivity index (χ3n) is 5.34. The quantitative estimate of drug-likeness (QED) is 0.433. The van der Waals surface area contributed by atoms with Crippen LogP contribution in [0, 0.1) is 0 Å². The highest BCUT2D eigenvalue weighted by atomic mass is 16.6. The number of nitrogens with zero attached hydrogens (tertiary/aromatic N) is 2. The van der Waals surface area contributed by atoms with E-state index in [2.05, 4.69) is 15.3 Å². The minimum Gasteiger partial charge on any atom is -0.496 e. The van der Waals surface area contributed by atoms with Crippen LogP contribution >= 0.6 is 0 Å². The molecule has 2 aromatic carbocycles. The lowest BCUT2D eigenvalue weighted by Gasteiger charge is -2.20. The molecule has 0 bridgehead atoms. The zero-order valence-electron chi connectivity index (χ0n) is 17.8. The van der Waals surface area contributed by atoms with Crippen molar-refractivity contribution < 1.29 is 28.5 Å². The first kappa shape index (κ1) is 20.6. The molecule has 0 unspecified atom stereocenters. The van der Waals surface area contributed by atoms with E-state index in [-0.39, 0.29) is 5.76 Å². The van der Waals surface area contributed by atoms with Crippen LogP contribution in [0.2, 0.25) is 0 Å². The van der Waals surface area contributed by atoms with Gasteiger partial charge in [-0.2, -0.15) is 0 Å². The molecule has 0 saturated heterocycles. The Kier molecular flexibility index (Phi) is 5.43. The maximum atomic E-state index is 11.1. The number of benzene rings is 2. The minimum atomic E-state index is -1.10. The average molecular weight is 447 g/mol. The minimum absolute atomic E-state index is 0.0956. The van der Waals surface area contributed by atoms with Crippen molar-refractivity contribution in [1.82, 2.24) is 9.97 Å². The zero-order valence-corrected chi connectivity index (χ0v) is 17.8. The van der Waals surface area contributed by atoms with Crippen molar-refractivity contribution in [3.8, 4) is 28.5 Å². The highest BCUT2D eigenvalue weighted by Crippen LogP contribution is 2.37. The van der Waals surface area contributed by atoms with E-state index < -0.39 is 5.97 Å². The molecule has 168 valence electrons. The number of aromatic nitrogens is 2. The fourth-order valence-corrected chi connectivity index (χ4v) is 3.73. The summed E-state index contributed by atoms with van der Waals surface area (Å²) in [6.45, 7) is 1.68. The van der Waals surface area contributed by atoms with Crippen molar-refractivity contribution >= 4 is 22.8 Å². The molecule has 2 aromatic heterocycles. The molecule has 1 aliphatic heterocycles. The molecule has 0 amide bonds. The van der Waals surface area contributed by atoms with Gasteiger partial charge in [-0.3, -0.25) is 0 Å². The molecule has 3 heterocycles. The molecule has 0 spiro atoms. The smallest absolute Gasteiger partial charge is 0.371 e. The second-order valence-corrected chi connectivity index (χ2v) is 7.44. The Balaban J connectivity index is 1.30. The molecule has 9 heteroatoms. The van der Waals surface area contributed by atoms with Crippen LogP contribution < -0.4 is 19.5 Å². The van der Waals surface area contributed by atoms with Crippen molar-refractivity contribution in [1.29, 1.82) is 0 Å². The molecular formula is C24H21N3O6. The number of furan rings is 1. The number of carbonyl (C=O) groups is 1. The fraction of sp³-hybridized carbons (Fsp3) is 0.208. The van der Waals surface area contributed by atoms with Crippen LogP contribution in [0.3, 0.4) is 0 Å². The maximum Gasteiger partial charge on any atom is 0.371 e. The van der Waals surface area contributed by atoms with E-state index in [9.17, 15) is 4.79 Å². The number of ether oxygens (including phenoxy) is 3. The predicted molar refractivity (Wildman–Crippen MR) is 120 cm³/mol. The molecular weight excluding hydrogens is 426 g/mol. The summed E-state index contributed by atoms with van der Waals surface area (Å²) in [4.78, 5) is 19.8. The molecule has 0 radical (unpaired) electrons. The standard InChI is InChI=1S/C24H21N3O6/c1-30-18-12-21-20(31-6-7-32-21)9-16(18)4-5-25-23-11-17(26-13-27-23)14-2-3-15-10-22(24(28)29)33-19(15)8-14/h2-3,8-13H,4-7H2,1H3,(H,28,29)(H,25,26,27). The second kappa shape index (κ2) is 8.70. The van der Waals surface area contributed by atoms with Crippen molar-refractivity contribution in [2.45, 2.75) is 6.42 Å². The van der Waals surface area contributed by atoms with Crippen LogP contribution in [0.1, 0.15) is 16.1 Å². The monoisotopic (exact) mass is 447 g/mol. The lowest BCUT2D eigenvalue weighted by Crippen LogP contribution is -2.16. The Morgan fingerprint density at radius 2 is 1.91 bits per heavy atom. The summed E-state index contributed by atoms with van der Waals surface area (Å²) in [5.74, 6) is 1.64. The number of nitrogens with one attached hydrogen (secondary N) is 1. The largest absolute Gasteiger partial charge is 0.496 e. The van der Waals surface area contributed by atoms with E-state index in [1.807, 2.05) is 30.3 Å². The van der Waals surface area contributed by atoms with Crippen molar-refractivity contribution in [3.05, 3.63) is 60.1 Å². The van der Waals surface area contributed by atoms with Crippen molar-refractivity contribution in [2.24, 2.45) is 0 Å². The highest BCUT2D eigenvalue weighted by molar-refractivity contribution is 5.92. The first-order chi connectivity index (χ1) is 16.1. The molecule has 4 aromatic rings. The third kappa shape index (κ3) is 4.25.